The Labute approximate surface area is 155 Å². The molecular formula is C16H13BrN2O3S2. The summed E-state index contributed by atoms with van der Waals surface area (Å²) < 4.78 is 0.747. The molecule has 0 aliphatic carbocycles. The standard InChI is InChI=1S/C16H13BrN2O3S2/c17-13-5-4-10(9-14(13)19(21)22)15(20)18-12-3-1-2-11(8-12)16-23-6-7-24-16/h1-5,8-9,16H,6-7H2,(H,18,20). The molecule has 1 aliphatic rings. The van der Waals surface area contributed by atoms with E-state index in [2.05, 4.69) is 27.3 Å². The highest BCUT2D eigenvalue weighted by Crippen LogP contribution is 2.45. The first kappa shape index (κ1) is 17.3. The molecule has 0 atom stereocenters. The molecule has 2 aromatic carbocycles. The summed E-state index contributed by atoms with van der Waals surface area (Å²) in [5, 5.41) is 13.8. The van der Waals surface area contributed by atoms with Crippen molar-refractivity contribution >= 4 is 56.7 Å². The van der Waals surface area contributed by atoms with Crippen LogP contribution in [-0.4, -0.2) is 22.3 Å². The number of rotatable bonds is 4. The smallest absolute Gasteiger partial charge is 0.284 e. The van der Waals surface area contributed by atoms with Gasteiger partial charge in [0.1, 0.15) is 0 Å². The predicted molar refractivity (Wildman–Crippen MR) is 103 cm³/mol. The molecular weight excluding hydrogens is 412 g/mol. The Bertz CT molecular complexity index is 795. The SMILES string of the molecule is O=C(Nc1cccc(C2SCCS2)c1)c1ccc(Br)c([N+](=O)[O-])c1. The van der Waals surface area contributed by atoms with E-state index in [0.717, 1.165) is 11.5 Å². The van der Waals surface area contributed by atoms with Crippen molar-refractivity contribution < 1.29 is 9.72 Å². The molecule has 0 bridgehead atoms. The van der Waals surface area contributed by atoms with Gasteiger partial charge in [-0.2, -0.15) is 0 Å². The highest BCUT2D eigenvalue weighted by Gasteiger charge is 2.19. The van der Waals surface area contributed by atoms with Gasteiger partial charge in [0.05, 0.1) is 14.0 Å². The van der Waals surface area contributed by atoms with Crippen molar-refractivity contribution in [3.05, 3.63) is 68.2 Å². The molecule has 1 N–H and O–H groups in total. The monoisotopic (exact) mass is 424 g/mol. The van der Waals surface area contributed by atoms with Crippen LogP contribution in [0.2, 0.25) is 0 Å². The van der Waals surface area contributed by atoms with E-state index in [9.17, 15) is 14.9 Å². The maximum atomic E-state index is 12.4. The van der Waals surface area contributed by atoms with Crippen LogP contribution in [0.4, 0.5) is 11.4 Å². The minimum absolute atomic E-state index is 0.129. The molecule has 0 saturated carbocycles. The Morgan fingerprint density at radius 2 is 1.96 bits per heavy atom. The lowest BCUT2D eigenvalue weighted by Crippen LogP contribution is -2.12. The van der Waals surface area contributed by atoms with Crippen molar-refractivity contribution in [3.63, 3.8) is 0 Å². The number of halogens is 1. The average molecular weight is 425 g/mol. The van der Waals surface area contributed by atoms with Crippen LogP contribution >= 0.6 is 39.5 Å². The fourth-order valence-corrected chi connectivity index (χ4v) is 5.54. The number of nitro benzene ring substituents is 1. The van der Waals surface area contributed by atoms with Crippen LogP contribution in [0.1, 0.15) is 20.5 Å². The molecule has 0 unspecified atom stereocenters. The summed E-state index contributed by atoms with van der Waals surface area (Å²) in [4.78, 5) is 22.8. The van der Waals surface area contributed by atoms with Crippen LogP contribution in [-0.2, 0) is 0 Å². The molecule has 1 fully saturated rings. The third kappa shape index (κ3) is 3.93. The molecule has 0 radical (unpaired) electrons. The van der Waals surface area contributed by atoms with Crippen molar-refractivity contribution in [3.8, 4) is 0 Å². The zero-order valence-electron chi connectivity index (χ0n) is 12.4. The van der Waals surface area contributed by atoms with E-state index in [0.29, 0.717) is 14.7 Å². The van der Waals surface area contributed by atoms with Crippen molar-refractivity contribution in [1.82, 2.24) is 0 Å². The summed E-state index contributed by atoms with van der Waals surface area (Å²) in [7, 11) is 0. The minimum Gasteiger partial charge on any atom is -0.322 e. The largest absolute Gasteiger partial charge is 0.322 e. The zero-order chi connectivity index (χ0) is 17.1. The van der Waals surface area contributed by atoms with Crippen molar-refractivity contribution in [2.75, 3.05) is 16.8 Å². The highest BCUT2D eigenvalue weighted by atomic mass is 79.9. The number of benzene rings is 2. The van der Waals surface area contributed by atoms with Crippen LogP contribution in [0, 0.1) is 10.1 Å². The van der Waals surface area contributed by atoms with Gasteiger partial charge >= 0.3 is 0 Å². The molecule has 1 heterocycles. The van der Waals surface area contributed by atoms with E-state index in [4.69, 9.17) is 0 Å². The second kappa shape index (κ2) is 7.58. The molecule has 1 amide bonds. The number of nitrogens with zero attached hydrogens (tertiary/aromatic N) is 1. The molecule has 1 saturated heterocycles. The third-order valence-electron chi connectivity index (χ3n) is 3.44. The molecule has 124 valence electrons. The Morgan fingerprint density at radius 3 is 2.67 bits per heavy atom. The number of carbonyl (C=O) groups excluding carboxylic acids is 1. The molecule has 24 heavy (non-hydrogen) atoms. The van der Waals surface area contributed by atoms with Gasteiger partial charge < -0.3 is 5.32 Å². The first-order valence-electron chi connectivity index (χ1n) is 7.13. The van der Waals surface area contributed by atoms with Gasteiger partial charge in [-0.05, 0) is 45.8 Å². The minimum atomic E-state index is -0.518. The molecule has 1 aliphatic heterocycles. The molecule has 2 aromatic rings. The summed E-state index contributed by atoms with van der Waals surface area (Å²) in [6.45, 7) is 0. The quantitative estimate of drug-likeness (QED) is 0.546. The lowest BCUT2D eigenvalue weighted by Gasteiger charge is -2.11. The van der Waals surface area contributed by atoms with E-state index in [1.807, 2.05) is 41.7 Å². The number of nitro groups is 1. The number of amides is 1. The Balaban J connectivity index is 1.78. The van der Waals surface area contributed by atoms with Crippen molar-refractivity contribution in [2.24, 2.45) is 0 Å². The number of hydrogen-bond donors (Lipinski definition) is 1. The zero-order valence-corrected chi connectivity index (χ0v) is 15.6. The van der Waals surface area contributed by atoms with Gasteiger partial charge in [0, 0.05) is 28.8 Å². The van der Waals surface area contributed by atoms with E-state index in [-0.39, 0.29) is 17.2 Å². The summed E-state index contributed by atoms with van der Waals surface area (Å²) in [5.74, 6) is 1.90. The highest BCUT2D eigenvalue weighted by molar-refractivity contribution is 9.10. The molecule has 5 nitrogen and oxygen atoms in total. The van der Waals surface area contributed by atoms with Gasteiger partial charge in [-0.3, -0.25) is 14.9 Å². The van der Waals surface area contributed by atoms with E-state index in [1.54, 1.807) is 6.07 Å². The fourth-order valence-electron chi connectivity index (χ4n) is 2.31. The van der Waals surface area contributed by atoms with Crippen molar-refractivity contribution in [2.45, 2.75) is 4.58 Å². The van der Waals surface area contributed by atoms with Crippen molar-refractivity contribution in [1.29, 1.82) is 0 Å². The van der Waals surface area contributed by atoms with Crippen LogP contribution < -0.4 is 5.32 Å². The lowest BCUT2D eigenvalue weighted by molar-refractivity contribution is -0.385. The predicted octanol–water partition coefficient (Wildman–Crippen LogP) is 5.09. The Kier molecular flexibility index (Phi) is 5.47. The van der Waals surface area contributed by atoms with Crippen LogP contribution in [0.5, 0.6) is 0 Å². The van der Waals surface area contributed by atoms with Gasteiger partial charge in [-0.1, -0.05) is 12.1 Å². The summed E-state index contributed by atoms with van der Waals surface area (Å²) in [6, 6.07) is 12.1. The first-order valence-corrected chi connectivity index (χ1v) is 10.0. The second-order valence-corrected chi connectivity index (χ2v) is 8.66. The number of carbonyl (C=O) groups is 1. The third-order valence-corrected chi connectivity index (χ3v) is 7.22. The molecule has 0 spiro atoms. The Hall–Kier alpha value is -1.51. The number of hydrogen-bond acceptors (Lipinski definition) is 5. The van der Waals surface area contributed by atoms with Crippen LogP contribution in [0.15, 0.2) is 46.9 Å². The first-order chi connectivity index (χ1) is 11.5. The summed E-state index contributed by atoms with van der Waals surface area (Å²) >= 11 is 6.91. The summed E-state index contributed by atoms with van der Waals surface area (Å²) in [5.41, 5.74) is 1.98. The van der Waals surface area contributed by atoms with E-state index >= 15 is 0 Å². The molecule has 3 rings (SSSR count). The number of anilines is 1. The van der Waals surface area contributed by atoms with Crippen LogP contribution in [0.25, 0.3) is 0 Å². The molecule has 8 heteroatoms. The van der Waals surface area contributed by atoms with E-state index in [1.165, 1.54) is 17.7 Å². The molecule has 0 aromatic heterocycles. The maximum Gasteiger partial charge on any atom is 0.284 e. The summed E-state index contributed by atoms with van der Waals surface area (Å²) in [6.07, 6.45) is 0. The normalized spacial score (nSPS) is 14.5. The number of nitrogens with one attached hydrogen (secondary N) is 1. The second-order valence-electron chi connectivity index (χ2n) is 5.08. The fraction of sp³-hybridized carbons (Fsp3) is 0.188. The number of thioether (sulfide) groups is 2. The van der Waals surface area contributed by atoms with Gasteiger partial charge in [-0.25, -0.2) is 0 Å². The van der Waals surface area contributed by atoms with Crippen LogP contribution in [0.3, 0.4) is 0 Å². The maximum absolute atomic E-state index is 12.4. The van der Waals surface area contributed by atoms with Gasteiger partial charge in [0.25, 0.3) is 11.6 Å². The topological polar surface area (TPSA) is 72.2 Å². The van der Waals surface area contributed by atoms with E-state index < -0.39 is 4.92 Å². The lowest BCUT2D eigenvalue weighted by atomic mass is 10.1. The van der Waals surface area contributed by atoms with Gasteiger partial charge in [0.15, 0.2) is 0 Å². The Morgan fingerprint density at radius 1 is 1.21 bits per heavy atom. The van der Waals surface area contributed by atoms with Gasteiger partial charge in [0.2, 0.25) is 0 Å². The average Bonchev–Trinajstić information content (AvgIpc) is 3.09. The van der Waals surface area contributed by atoms with Gasteiger partial charge in [-0.15, -0.1) is 23.5 Å².